The molecule has 2 nitrogen and oxygen atoms in total. The minimum absolute atomic E-state index is 0.373. The van der Waals surface area contributed by atoms with Crippen molar-refractivity contribution in [3.8, 4) is 0 Å². The molecule has 78 valence electrons. The molecule has 0 spiro atoms. The summed E-state index contributed by atoms with van der Waals surface area (Å²) in [6.45, 7) is 7.87. The fourth-order valence-electron chi connectivity index (χ4n) is 2.74. The summed E-state index contributed by atoms with van der Waals surface area (Å²) in [5, 5.41) is 0. The Morgan fingerprint density at radius 3 is 2.69 bits per heavy atom. The highest BCUT2D eigenvalue weighted by atomic mass is 16.5. The third kappa shape index (κ3) is 2.23. The monoisotopic (exact) mass is 185 g/mol. The van der Waals surface area contributed by atoms with Gasteiger partial charge in [0.05, 0.1) is 6.61 Å². The second kappa shape index (κ2) is 4.97. The van der Waals surface area contributed by atoms with Gasteiger partial charge in [-0.3, -0.25) is 4.90 Å². The molecule has 1 aliphatic rings. The van der Waals surface area contributed by atoms with Crippen LogP contribution in [0.25, 0.3) is 0 Å². The summed E-state index contributed by atoms with van der Waals surface area (Å²) in [7, 11) is 1.82. The number of likely N-dealkylation sites (tertiary alicyclic amines) is 1. The van der Waals surface area contributed by atoms with Gasteiger partial charge in [-0.1, -0.05) is 20.3 Å². The first-order valence-corrected chi connectivity index (χ1v) is 5.53. The highest BCUT2D eigenvalue weighted by Crippen LogP contribution is 2.33. The lowest BCUT2D eigenvalue weighted by atomic mass is 9.91. The molecule has 0 radical (unpaired) electrons. The summed E-state index contributed by atoms with van der Waals surface area (Å²) in [5.74, 6) is 0. The molecule has 0 bridgehead atoms. The molecular formula is C11H23NO. The Bertz CT molecular complexity index is 141. The number of rotatable bonds is 5. The molecule has 0 aliphatic carbocycles. The minimum Gasteiger partial charge on any atom is -0.383 e. The smallest absolute Gasteiger partial charge is 0.0646 e. The molecule has 1 aliphatic heterocycles. The molecule has 1 saturated heterocycles. The molecule has 0 aromatic rings. The first-order valence-electron chi connectivity index (χ1n) is 5.53. The van der Waals surface area contributed by atoms with Crippen molar-refractivity contribution >= 4 is 0 Å². The van der Waals surface area contributed by atoms with Crippen LogP contribution in [0.4, 0.5) is 0 Å². The van der Waals surface area contributed by atoms with E-state index in [1.54, 1.807) is 0 Å². The van der Waals surface area contributed by atoms with Crippen LogP contribution in [-0.2, 0) is 4.74 Å². The average molecular weight is 185 g/mol. The van der Waals surface area contributed by atoms with E-state index in [1.165, 1.54) is 38.8 Å². The average Bonchev–Trinajstić information content (AvgIpc) is 2.49. The van der Waals surface area contributed by atoms with E-state index in [0.717, 1.165) is 6.61 Å². The van der Waals surface area contributed by atoms with E-state index >= 15 is 0 Å². The maximum Gasteiger partial charge on any atom is 0.0646 e. The van der Waals surface area contributed by atoms with Crippen LogP contribution in [0.2, 0.25) is 0 Å². The Labute approximate surface area is 82.3 Å². The van der Waals surface area contributed by atoms with Crippen molar-refractivity contribution in [2.24, 2.45) is 0 Å². The third-order valence-corrected chi connectivity index (χ3v) is 3.25. The SMILES string of the molecule is CCCC1(COC)CCCN1CC. The van der Waals surface area contributed by atoms with Crippen LogP contribution in [0.1, 0.15) is 39.5 Å². The summed E-state index contributed by atoms with van der Waals surface area (Å²) in [6.07, 6.45) is 5.22. The van der Waals surface area contributed by atoms with E-state index in [0.29, 0.717) is 5.54 Å². The molecule has 0 aromatic carbocycles. The molecule has 0 N–H and O–H groups in total. The first kappa shape index (κ1) is 11.0. The molecule has 0 aromatic heterocycles. The Kier molecular flexibility index (Phi) is 4.20. The van der Waals surface area contributed by atoms with Gasteiger partial charge < -0.3 is 4.74 Å². The predicted molar refractivity (Wildman–Crippen MR) is 56.0 cm³/mol. The summed E-state index contributed by atoms with van der Waals surface area (Å²) in [5.41, 5.74) is 0.373. The molecule has 0 saturated carbocycles. The lowest BCUT2D eigenvalue weighted by Crippen LogP contribution is -2.47. The fraction of sp³-hybridized carbons (Fsp3) is 1.00. The van der Waals surface area contributed by atoms with E-state index in [1.807, 2.05) is 7.11 Å². The van der Waals surface area contributed by atoms with Gasteiger partial charge in [-0.05, 0) is 32.4 Å². The maximum atomic E-state index is 5.37. The lowest BCUT2D eigenvalue weighted by molar-refractivity contribution is 0.0342. The number of methoxy groups -OCH3 is 1. The van der Waals surface area contributed by atoms with Crippen LogP contribution in [0.5, 0.6) is 0 Å². The van der Waals surface area contributed by atoms with Crippen molar-refractivity contribution in [1.29, 1.82) is 0 Å². The van der Waals surface area contributed by atoms with Crippen LogP contribution in [-0.4, -0.2) is 37.2 Å². The molecule has 1 atom stereocenters. The Balaban J connectivity index is 2.62. The van der Waals surface area contributed by atoms with E-state index in [-0.39, 0.29) is 0 Å². The molecule has 0 amide bonds. The van der Waals surface area contributed by atoms with Crippen molar-refractivity contribution in [2.45, 2.75) is 45.1 Å². The van der Waals surface area contributed by atoms with Gasteiger partial charge in [-0.15, -0.1) is 0 Å². The van der Waals surface area contributed by atoms with Crippen LogP contribution >= 0.6 is 0 Å². The van der Waals surface area contributed by atoms with Gasteiger partial charge in [-0.2, -0.15) is 0 Å². The van der Waals surface area contributed by atoms with Crippen LogP contribution < -0.4 is 0 Å². The largest absolute Gasteiger partial charge is 0.383 e. The topological polar surface area (TPSA) is 12.5 Å². The zero-order valence-corrected chi connectivity index (χ0v) is 9.31. The predicted octanol–water partition coefficient (Wildman–Crippen LogP) is 2.29. The second-order valence-corrected chi connectivity index (χ2v) is 4.09. The molecule has 1 heterocycles. The van der Waals surface area contributed by atoms with E-state index < -0.39 is 0 Å². The third-order valence-electron chi connectivity index (χ3n) is 3.25. The van der Waals surface area contributed by atoms with E-state index in [2.05, 4.69) is 18.7 Å². The number of hydrogen-bond acceptors (Lipinski definition) is 2. The second-order valence-electron chi connectivity index (χ2n) is 4.09. The Morgan fingerprint density at radius 1 is 1.38 bits per heavy atom. The van der Waals surface area contributed by atoms with Gasteiger partial charge in [0.25, 0.3) is 0 Å². The fourth-order valence-corrected chi connectivity index (χ4v) is 2.74. The van der Waals surface area contributed by atoms with E-state index in [4.69, 9.17) is 4.74 Å². The van der Waals surface area contributed by atoms with E-state index in [9.17, 15) is 0 Å². The minimum atomic E-state index is 0.373. The van der Waals surface area contributed by atoms with Crippen LogP contribution in [0.3, 0.4) is 0 Å². The number of ether oxygens (including phenoxy) is 1. The normalized spacial score (nSPS) is 29.8. The quantitative estimate of drug-likeness (QED) is 0.651. The van der Waals surface area contributed by atoms with Gasteiger partial charge in [0.1, 0.15) is 0 Å². The summed E-state index contributed by atoms with van der Waals surface area (Å²) in [4.78, 5) is 2.60. The summed E-state index contributed by atoms with van der Waals surface area (Å²) in [6, 6.07) is 0. The molecule has 1 fully saturated rings. The number of likely N-dealkylation sites (N-methyl/N-ethyl adjacent to an activating group) is 1. The Hall–Kier alpha value is -0.0800. The van der Waals surface area contributed by atoms with Crippen LogP contribution in [0, 0.1) is 0 Å². The van der Waals surface area contributed by atoms with Gasteiger partial charge in [-0.25, -0.2) is 0 Å². The van der Waals surface area contributed by atoms with Crippen molar-refractivity contribution in [3.05, 3.63) is 0 Å². The summed E-state index contributed by atoms with van der Waals surface area (Å²) < 4.78 is 5.37. The van der Waals surface area contributed by atoms with Crippen molar-refractivity contribution in [1.82, 2.24) is 4.90 Å². The molecule has 1 unspecified atom stereocenters. The number of nitrogens with zero attached hydrogens (tertiary/aromatic N) is 1. The van der Waals surface area contributed by atoms with Gasteiger partial charge in [0, 0.05) is 12.6 Å². The van der Waals surface area contributed by atoms with Crippen molar-refractivity contribution < 1.29 is 4.74 Å². The summed E-state index contributed by atoms with van der Waals surface area (Å²) >= 11 is 0. The maximum absolute atomic E-state index is 5.37. The molecule has 2 heteroatoms. The number of hydrogen-bond donors (Lipinski definition) is 0. The zero-order valence-electron chi connectivity index (χ0n) is 9.31. The molecular weight excluding hydrogens is 162 g/mol. The van der Waals surface area contributed by atoms with Gasteiger partial charge >= 0.3 is 0 Å². The van der Waals surface area contributed by atoms with Gasteiger partial charge in [0.15, 0.2) is 0 Å². The molecule has 1 rings (SSSR count). The molecule has 13 heavy (non-hydrogen) atoms. The first-order chi connectivity index (χ1) is 6.29. The standard InChI is InChI=1S/C11H23NO/c1-4-7-11(10-13-3)8-6-9-12(11)5-2/h4-10H2,1-3H3. The van der Waals surface area contributed by atoms with Crippen molar-refractivity contribution in [3.63, 3.8) is 0 Å². The highest BCUT2D eigenvalue weighted by molar-refractivity contribution is 4.94. The zero-order chi connectivity index (χ0) is 9.73. The lowest BCUT2D eigenvalue weighted by Gasteiger charge is -2.37. The Morgan fingerprint density at radius 2 is 2.15 bits per heavy atom. The van der Waals surface area contributed by atoms with Crippen LogP contribution in [0.15, 0.2) is 0 Å². The van der Waals surface area contributed by atoms with Crippen molar-refractivity contribution in [2.75, 3.05) is 26.8 Å². The van der Waals surface area contributed by atoms with Gasteiger partial charge in [0.2, 0.25) is 0 Å². The highest BCUT2D eigenvalue weighted by Gasteiger charge is 2.38.